The Morgan fingerprint density at radius 1 is 1.40 bits per heavy atom. The van der Waals surface area contributed by atoms with E-state index in [9.17, 15) is 20.0 Å². The quantitative estimate of drug-likeness (QED) is 0.434. The highest BCUT2D eigenvalue weighted by Gasteiger charge is 2.09. The van der Waals surface area contributed by atoms with Gasteiger partial charge in [0.2, 0.25) is 0 Å². The first-order chi connectivity index (χ1) is 11.9. The number of halogens is 1. The fourth-order valence-corrected chi connectivity index (χ4v) is 2.44. The lowest BCUT2D eigenvalue weighted by atomic mass is 10.2. The summed E-state index contributed by atoms with van der Waals surface area (Å²) in [6.45, 7) is 1.67. The predicted octanol–water partition coefficient (Wildman–Crippen LogP) is 2.90. The van der Waals surface area contributed by atoms with Crippen molar-refractivity contribution >= 4 is 33.7 Å². The minimum atomic E-state index is -0.595. The normalized spacial score (nSPS) is 10.6. The predicted molar refractivity (Wildman–Crippen MR) is 94.9 cm³/mol. The highest BCUT2D eigenvalue weighted by atomic mass is 79.9. The number of benzene rings is 2. The molecule has 0 saturated heterocycles. The number of hydrazone groups is 1. The van der Waals surface area contributed by atoms with Crippen molar-refractivity contribution in [3.8, 4) is 11.5 Å². The molecule has 1 amide bonds. The molecule has 8 nitrogen and oxygen atoms in total. The molecule has 0 saturated carbocycles. The standard InChI is InChI=1S/C16H14BrN3O5/c1-10-2-5-15(13(17)6-10)25-9-16(22)19-18-8-11-7-12(20(23)24)3-4-14(11)21/h2-8,21H,9H2,1H3,(H,19,22)/b18-8-. The molecule has 0 aliphatic rings. The summed E-state index contributed by atoms with van der Waals surface area (Å²) in [5.41, 5.74) is 3.18. The number of ether oxygens (including phenoxy) is 1. The zero-order chi connectivity index (χ0) is 18.4. The number of carbonyl (C=O) groups excluding carboxylic acids is 1. The van der Waals surface area contributed by atoms with Crippen molar-refractivity contribution in [2.75, 3.05) is 6.61 Å². The molecule has 0 fully saturated rings. The molecular formula is C16H14BrN3O5. The van der Waals surface area contributed by atoms with Crippen LogP contribution in [0.2, 0.25) is 0 Å². The van der Waals surface area contributed by atoms with Gasteiger partial charge in [0.15, 0.2) is 6.61 Å². The first kappa shape index (κ1) is 18.4. The molecule has 2 aromatic rings. The number of nitro benzene ring substituents is 1. The number of rotatable bonds is 6. The summed E-state index contributed by atoms with van der Waals surface area (Å²) in [5, 5.41) is 24.0. The van der Waals surface area contributed by atoms with E-state index in [0.29, 0.717) is 5.75 Å². The molecule has 130 valence electrons. The Morgan fingerprint density at radius 3 is 2.84 bits per heavy atom. The van der Waals surface area contributed by atoms with E-state index in [1.165, 1.54) is 12.1 Å². The number of nitrogens with zero attached hydrogens (tertiary/aromatic N) is 2. The number of phenolic OH excluding ortho intramolecular Hbond substituents is 1. The van der Waals surface area contributed by atoms with Gasteiger partial charge in [-0.05, 0) is 46.6 Å². The third kappa shape index (κ3) is 5.28. The van der Waals surface area contributed by atoms with Crippen LogP contribution in [0.1, 0.15) is 11.1 Å². The van der Waals surface area contributed by atoms with Gasteiger partial charge < -0.3 is 9.84 Å². The summed E-state index contributed by atoms with van der Waals surface area (Å²) < 4.78 is 6.09. The number of amides is 1. The van der Waals surface area contributed by atoms with Gasteiger partial charge in [-0.2, -0.15) is 5.10 Å². The molecule has 9 heteroatoms. The largest absolute Gasteiger partial charge is 0.507 e. The highest BCUT2D eigenvalue weighted by molar-refractivity contribution is 9.10. The lowest BCUT2D eigenvalue weighted by molar-refractivity contribution is -0.384. The van der Waals surface area contributed by atoms with Crippen molar-refractivity contribution in [2.45, 2.75) is 6.92 Å². The molecule has 2 N–H and O–H groups in total. The summed E-state index contributed by atoms with van der Waals surface area (Å²) in [7, 11) is 0. The number of nitrogens with one attached hydrogen (secondary N) is 1. The van der Waals surface area contributed by atoms with Gasteiger partial charge in [-0.1, -0.05) is 6.07 Å². The Balaban J connectivity index is 1.92. The van der Waals surface area contributed by atoms with Crippen LogP contribution >= 0.6 is 15.9 Å². The Kier molecular flexibility index (Phi) is 6.07. The smallest absolute Gasteiger partial charge is 0.277 e. The number of aryl methyl sites for hydroxylation is 1. The molecule has 0 atom stereocenters. The maximum absolute atomic E-state index is 11.7. The zero-order valence-electron chi connectivity index (χ0n) is 13.1. The van der Waals surface area contributed by atoms with Gasteiger partial charge in [0, 0.05) is 17.7 Å². The van der Waals surface area contributed by atoms with Crippen molar-refractivity contribution in [1.29, 1.82) is 0 Å². The first-order valence-electron chi connectivity index (χ1n) is 7.05. The molecule has 0 aliphatic heterocycles. The van der Waals surface area contributed by atoms with E-state index in [1.54, 1.807) is 6.07 Å². The number of hydrogen-bond donors (Lipinski definition) is 2. The summed E-state index contributed by atoms with van der Waals surface area (Å²) >= 11 is 3.34. The van der Waals surface area contributed by atoms with Crippen LogP contribution in [0.4, 0.5) is 5.69 Å². The first-order valence-corrected chi connectivity index (χ1v) is 7.84. The second-order valence-corrected chi connectivity index (χ2v) is 5.87. The van der Waals surface area contributed by atoms with E-state index in [-0.39, 0.29) is 23.6 Å². The van der Waals surface area contributed by atoms with E-state index in [1.807, 2.05) is 19.1 Å². The molecule has 0 bridgehead atoms. The van der Waals surface area contributed by atoms with E-state index >= 15 is 0 Å². The van der Waals surface area contributed by atoms with Crippen molar-refractivity contribution in [1.82, 2.24) is 5.43 Å². The highest BCUT2D eigenvalue weighted by Crippen LogP contribution is 2.25. The SMILES string of the molecule is Cc1ccc(OCC(=O)N/N=C\c2cc([N+](=O)[O-])ccc2O)c(Br)c1. The van der Waals surface area contributed by atoms with Crippen molar-refractivity contribution in [3.05, 3.63) is 62.1 Å². The van der Waals surface area contributed by atoms with Gasteiger partial charge in [-0.15, -0.1) is 0 Å². The summed E-state index contributed by atoms with van der Waals surface area (Å²) in [6.07, 6.45) is 1.11. The second-order valence-electron chi connectivity index (χ2n) is 5.02. The molecule has 25 heavy (non-hydrogen) atoms. The van der Waals surface area contributed by atoms with Crippen LogP contribution in [0.5, 0.6) is 11.5 Å². The molecule has 0 unspecified atom stereocenters. The number of nitro groups is 1. The van der Waals surface area contributed by atoms with Crippen molar-refractivity contribution in [3.63, 3.8) is 0 Å². The van der Waals surface area contributed by atoms with Crippen molar-refractivity contribution in [2.24, 2.45) is 5.10 Å². The summed E-state index contributed by atoms with van der Waals surface area (Å²) in [5.74, 6) is -0.196. The van der Waals surface area contributed by atoms with Crippen LogP contribution in [0.25, 0.3) is 0 Å². The Labute approximate surface area is 151 Å². The average Bonchev–Trinajstić information content (AvgIpc) is 2.55. The fourth-order valence-electron chi connectivity index (χ4n) is 1.83. The number of carbonyl (C=O) groups is 1. The zero-order valence-corrected chi connectivity index (χ0v) is 14.7. The van der Waals surface area contributed by atoms with Crippen LogP contribution in [0.3, 0.4) is 0 Å². The molecule has 0 aromatic heterocycles. The minimum absolute atomic E-state index is 0.108. The lowest BCUT2D eigenvalue weighted by Gasteiger charge is -2.07. The molecular weight excluding hydrogens is 394 g/mol. The Hall–Kier alpha value is -2.94. The van der Waals surface area contributed by atoms with Crippen LogP contribution in [-0.2, 0) is 4.79 Å². The van der Waals surface area contributed by atoms with E-state index in [2.05, 4.69) is 26.5 Å². The number of phenols is 1. The second kappa shape index (κ2) is 8.25. The average molecular weight is 408 g/mol. The number of non-ortho nitro benzene ring substituents is 1. The molecule has 0 heterocycles. The molecule has 0 aliphatic carbocycles. The van der Waals surface area contributed by atoms with Crippen LogP contribution < -0.4 is 10.2 Å². The van der Waals surface area contributed by atoms with Gasteiger partial charge in [-0.3, -0.25) is 14.9 Å². The molecule has 0 spiro atoms. The van der Waals surface area contributed by atoms with Gasteiger partial charge >= 0.3 is 0 Å². The summed E-state index contributed by atoms with van der Waals surface area (Å²) in [6, 6.07) is 8.93. The van der Waals surface area contributed by atoms with Gasteiger partial charge in [0.25, 0.3) is 11.6 Å². The van der Waals surface area contributed by atoms with E-state index in [4.69, 9.17) is 4.74 Å². The third-order valence-electron chi connectivity index (χ3n) is 3.06. The van der Waals surface area contributed by atoms with Gasteiger partial charge in [-0.25, -0.2) is 5.43 Å². The van der Waals surface area contributed by atoms with E-state index < -0.39 is 10.8 Å². The maximum Gasteiger partial charge on any atom is 0.277 e. The molecule has 2 aromatic carbocycles. The third-order valence-corrected chi connectivity index (χ3v) is 3.68. The molecule has 0 radical (unpaired) electrons. The van der Waals surface area contributed by atoms with Gasteiger partial charge in [0.05, 0.1) is 15.6 Å². The van der Waals surface area contributed by atoms with Gasteiger partial charge in [0.1, 0.15) is 11.5 Å². The number of aromatic hydroxyl groups is 1. The Bertz CT molecular complexity index is 839. The fraction of sp³-hybridized carbons (Fsp3) is 0.125. The number of hydrogen-bond acceptors (Lipinski definition) is 6. The van der Waals surface area contributed by atoms with Crippen LogP contribution in [-0.4, -0.2) is 28.8 Å². The summed E-state index contributed by atoms with van der Waals surface area (Å²) in [4.78, 5) is 21.8. The lowest BCUT2D eigenvalue weighted by Crippen LogP contribution is -2.24. The van der Waals surface area contributed by atoms with E-state index in [0.717, 1.165) is 22.3 Å². The van der Waals surface area contributed by atoms with Crippen LogP contribution in [0, 0.1) is 17.0 Å². The molecule has 2 rings (SSSR count). The Morgan fingerprint density at radius 2 is 2.16 bits per heavy atom. The topological polar surface area (TPSA) is 114 Å². The maximum atomic E-state index is 11.7. The minimum Gasteiger partial charge on any atom is -0.507 e. The van der Waals surface area contributed by atoms with Crippen LogP contribution in [0.15, 0.2) is 46.0 Å². The monoisotopic (exact) mass is 407 g/mol. The van der Waals surface area contributed by atoms with Crippen molar-refractivity contribution < 1.29 is 19.6 Å².